The zero-order valence-corrected chi connectivity index (χ0v) is 13.3. The zero-order valence-electron chi connectivity index (χ0n) is 10.3. The molecular weight excluding hydrogens is 414 g/mol. The van der Waals surface area contributed by atoms with Crippen molar-refractivity contribution >= 4 is 44.0 Å². The second-order valence-corrected chi connectivity index (χ2v) is 6.91. The van der Waals surface area contributed by atoms with Gasteiger partial charge in [0.2, 0.25) is 5.82 Å². The van der Waals surface area contributed by atoms with E-state index in [1.54, 1.807) is 18.2 Å². The molecule has 2 aromatic carbocycles. The number of sulfonamides is 1. The Morgan fingerprint density at radius 1 is 1.19 bits per heavy atom. The molecule has 21 heavy (non-hydrogen) atoms. The molecule has 0 atom stereocenters. The maximum absolute atomic E-state index is 13.2. The number of hydrogen-bond acceptors (Lipinski definition) is 4. The molecule has 0 heterocycles. The van der Waals surface area contributed by atoms with Crippen molar-refractivity contribution in [1.29, 1.82) is 0 Å². The van der Waals surface area contributed by atoms with Gasteiger partial charge in [0, 0.05) is 15.3 Å². The minimum Gasteiger partial charge on any atom is -0.280 e. The summed E-state index contributed by atoms with van der Waals surface area (Å²) in [7, 11) is -4.03. The maximum Gasteiger partial charge on any atom is 0.306 e. The van der Waals surface area contributed by atoms with Crippen molar-refractivity contribution in [3.8, 4) is 0 Å². The number of benzene rings is 2. The van der Waals surface area contributed by atoms with E-state index in [-0.39, 0.29) is 4.90 Å². The molecule has 0 spiro atoms. The molecule has 0 aliphatic rings. The lowest BCUT2D eigenvalue weighted by Gasteiger charge is -2.08. The van der Waals surface area contributed by atoms with Crippen LogP contribution in [0.2, 0.25) is 0 Å². The van der Waals surface area contributed by atoms with E-state index in [2.05, 4.69) is 4.72 Å². The van der Waals surface area contributed by atoms with Gasteiger partial charge in [0.1, 0.15) is 0 Å². The number of rotatable bonds is 4. The summed E-state index contributed by atoms with van der Waals surface area (Å²) < 4.78 is 40.6. The molecule has 0 radical (unpaired) electrons. The van der Waals surface area contributed by atoms with Gasteiger partial charge in [-0.1, -0.05) is 6.07 Å². The molecule has 110 valence electrons. The second kappa shape index (κ2) is 5.93. The smallest absolute Gasteiger partial charge is 0.280 e. The van der Waals surface area contributed by atoms with Gasteiger partial charge in [-0.2, -0.15) is 4.39 Å². The predicted molar refractivity (Wildman–Crippen MR) is 83.0 cm³/mol. The van der Waals surface area contributed by atoms with Crippen molar-refractivity contribution in [1.82, 2.24) is 0 Å². The number of nitro groups is 1. The highest BCUT2D eigenvalue weighted by atomic mass is 127. The minimum atomic E-state index is -4.03. The maximum atomic E-state index is 13.2. The summed E-state index contributed by atoms with van der Waals surface area (Å²) >= 11 is 2.02. The average Bonchev–Trinajstić information content (AvgIpc) is 2.38. The number of halogens is 2. The summed E-state index contributed by atoms with van der Waals surface area (Å²) in [6.07, 6.45) is 0. The molecule has 0 unspecified atom stereocenters. The molecule has 1 N–H and O–H groups in total. The Kier molecular flexibility index (Phi) is 4.42. The Morgan fingerprint density at radius 3 is 2.52 bits per heavy atom. The van der Waals surface area contributed by atoms with Gasteiger partial charge in [-0.15, -0.1) is 0 Å². The van der Waals surface area contributed by atoms with Crippen molar-refractivity contribution in [2.24, 2.45) is 0 Å². The number of hydrogen-bond donors (Lipinski definition) is 1. The van der Waals surface area contributed by atoms with Gasteiger partial charge in [0.05, 0.1) is 9.82 Å². The van der Waals surface area contributed by atoms with Crippen molar-refractivity contribution in [3.05, 3.63) is 62.0 Å². The standard InChI is InChI=1S/C12H8FIN2O4S/c13-11-5-4-10(7-12(11)16(17)18)21(19,20)15-9-3-1-2-8(14)6-9/h1-7,15H. The first-order valence-electron chi connectivity index (χ1n) is 5.52. The molecule has 0 saturated heterocycles. The Bertz CT molecular complexity index is 811. The van der Waals surface area contributed by atoms with Crippen LogP contribution < -0.4 is 4.72 Å². The fraction of sp³-hybridized carbons (Fsp3) is 0. The highest BCUT2D eigenvalue weighted by Crippen LogP contribution is 2.23. The third-order valence-electron chi connectivity index (χ3n) is 2.50. The molecule has 6 nitrogen and oxygen atoms in total. The van der Waals surface area contributed by atoms with Crippen LogP contribution in [0.15, 0.2) is 47.4 Å². The van der Waals surface area contributed by atoms with Crippen molar-refractivity contribution in [2.75, 3.05) is 4.72 Å². The molecule has 0 aliphatic carbocycles. The predicted octanol–water partition coefficient (Wildman–Crippen LogP) is 3.14. The number of nitrogens with one attached hydrogen (secondary N) is 1. The first-order valence-corrected chi connectivity index (χ1v) is 8.08. The van der Waals surface area contributed by atoms with E-state index in [1.807, 2.05) is 22.6 Å². The van der Waals surface area contributed by atoms with E-state index in [4.69, 9.17) is 0 Å². The number of nitrogens with zero attached hydrogens (tertiary/aromatic N) is 1. The topological polar surface area (TPSA) is 89.3 Å². The van der Waals surface area contributed by atoms with Gasteiger partial charge in [-0.3, -0.25) is 14.8 Å². The van der Waals surface area contributed by atoms with E-state index in [0.717, 1.165) is 15.7 Å². The summed E-state index contributed by atoms with van der Waals surface area (Å²) in [5, 5.41) is 10.7. The summed E-state index contributed by atoms with van der Waals surface area (Å²) in [5.74, 6) is -1.09. The summed E-state index contributed by atoms with van der Waals surface area (Å²) in [6.45, 7) is 0. The molecule has 0 aromatic heterocycles. The fourth-order valence-electron chi connectivity index (χ4n) is 1.57. The molecule has 2 aromatic rings. The van der Waals surface area contributed by atoms with E-state index in [1.165, 1.54) is 6.07 Å². The number of anilines is 1. The summed E-state index contributed by atoms with van der Waals surface area (Å²) in [4.78, 5) is 9.30. The molecule has 0 saturated carbocycles. The Hall–Kier alpha value is -1.75. The lowest BCUT2D eigenvalue weighted by Crippen LogP contribution is -2.13. The van der Waals surface area contributed by atoms with Gasteiger partial charge < -0.3 is 0 Å². The van der Waals surface area contributed by atoms with Gasteiger partial charge >= 0.3 is 5.69 Å². The largest absolute Gasteiger partial charge is 0.306 e. The van der Waals surface area contributed by atoms with Crippen LogP contribution in [0.5, 0.6) is 0 Å². The van der Waals surface area contributed by atoms with Crippen molar-refractivity contribution in [2.45, 2.75) is 4.90 Å². The van der Waals surface area contributed by atoms with Gasteiger partial charge in [-0.05, 0) is 52.9 Å². The van der Waals surface area contributed by atoms with Crippen LogP contribution in [0.25, 0.3) is 0 Å². The summed E-state index contributed by atoms with van der Waals surface area (Å²) in [5.41, 5.74) is -0.575. The quantitative estimate of drug-likeness (QED) is 0.466. The van der Waals surface area contributed by atoms with Gasteiger partial charge in [0.15, 0.2) is 0 Å². The molecule has 9 heteroatoms. The molecule has 0 aliphatic heterocycles. The molecule has 0 bridgehead atoms. The van der Waals surface area contributed by atoms with Crippen molar-refractivity contribution in [3.63, 3.8) is 0 Å². The van der Waals surface area contributed by atoms with Crippen LogP contribution in [0.3, 0.4) is 0 Å². The lowest BCUT2D eigenvalue weighted by molar-refractivity contribution is -0.387. The lowest BCUT2D eigenvalue weighted by atomic mass is 10.3. The van der Waals surface area contributed by atoms with Crippen LogP contribution in [0, 0.1) is 19.5 Å². The van der Waals surface area contributed by atoms with Gasteiger partial charge in [0.25, 0.3) is 10.0 Å². The van der Waals surface area contributed by atoms with Crippen LogP contribution in [-0.4, -0.2) is 13.3 Å². The summed E-state index contributed by atoms with van der Waals surface area (Å²) in [6, 6.07) is 8.98. The highest BCUT2D eigenvalue weighted by molar-refractivity contribution is 14.1. The molecule has 0 fully saturated rings. The van der Waals surface area contributed by atoms with E-state index in [0.29, 0.717) is 11.8 Å². The van der Waals surface area contributed by atoms with E-state index < -0.39 is 26.5 Å². The van der Waals surface area contributed by atoms with E-state index in [9.17, 15) is 22.9 Å². The average molecular weight is 422 g/mol. The fourth-order valence-corrected chi connectivity index (χ4v) is 3.18. The highest BCUT2D eigenvalue weighted by Gasteiger charge is 2.21. The second-order valence-electron chi connectivity index (χ2n) is 3.99. The Balaban J connectivity index is 2.40. The van der Waals surface area contributed by atoms with E-state index >= 15 is 0 Å². The SMILES string of the molecule is O=[N+]([O-])c1cc(S(=O)(=O)Nc2cccc(I)c2)ccc1F. The minimum absolute atomic E-state index is 0.314. The van der Waals surface area contributed by atoms with Crippen LogP contribution in [-0.2, 0) is 10.0 Å². The first kappa shape index (κ1) is 15.6. The normalized spacial score (nSPS) is 11.1. The Labute approximate surface area is 133 Å². The third kappa shape index (κ3) is 3.67. The first-order chi connectivity index (χ1) is 9.79. The van der Waals surface area contributed by atoms with Crippen LogP contribution in [0.4, 0.5) is 15.8 Å². The molecule has 2 rings (SSSR count). The van der Waals surface area contributed by atoms with Gasteiger partial charge in [-0.25, -0.2) is 8.42 Å². The molecule has 0 amide bonds. The third-order valence-corrected chi connectivity index (χ3v) is 4.55. The monoisotopic (exact) mass is 422 g/mol. The molecular formula is C12H8FIN2O4S. The Morgan fingerprint density at radius 2 is 1.90 bits per heavy atom. The zero-order chi connectivity index (χ0) is 15.6. The van der Waals surface area contributed by atoms with Crippen LogP contribution >= 0.6 is 22.6 Å². The van der Waals surface area contributed by atoms with Crippen molar-refractivity contribution < 1.29 is 17.7 Å². The van der Waals surface area contributed by atoms with Crippen LogP contribution in [0.1, 0.15) is 0 Å². The number of nitro benzene ring substituents is 1.